The second-order valence-electron chi connectivity index (χ2n) is 4.86. The molecule has 0 amide bonds. The van der Waals surface area contributed by atoms with Crippen LogP contribution in [0, 0.1) is 0 Å². The maximum absolute atomic E-state index is 10.2. The fourth-order valence-corrected chi connectivity index (χ4v) is 2.67. The van der Waals surface area contributed by atoms with Gasteiger partial charge in [-0.25, -0.2) is 0 Å². The van der Waals surface area contributed by atoms with Gasteiger partial charge in [0, 0.05) is 23.4 Å². The Morgan fingerprint density at radius 1 is 1.16 bits per heavy atom. The van der Waals surface area contributed by atoms with Crippen molar-refractivity contribution in [3.63, 3.8) is 0 Å². The fraction of sp³-hybridized carbons (Fsp3) is 0.250. The number of hydrogen-bond acceptors (Lipinski definition) is 2. The number of benzene rings is 2. The van der Waals surface area contributed by atoms with Crippen molar-refractivity contribution in [1.29, 1.82) is 0 Å². The van der Waals surface area contributed by atoms with E-state index < -0.39 is 6.10 Å². The molecule has 1 heterocycles. The van der Waals surface area contributed by atoms with Gasteiger partial charge in [-0.05, 0) is 23.8 Å². The first-order valence-electron chi connectivity index (χ1n) is 6.40. The van der Waals surface area contributed by atoms with Gasteiger partial charge in [0.1, 0.15) is 11.9 Å². The Morgan fingerprint density at radius 2 is 1.95 bits per heavy atom. The van der Waals surface area contributed by atoms with Crippen molar-refractivity contribution in [1.82, 2.24) is 0 Å². The third-order valence-electron chi connectivity index (χ3n) is 3.42. The standard InChI is InChI=1S/C16H15ClO2/c17-12-6-7-16-14(9-12)15(18)10-13(19-16)8-11-4-2-1-3-5-11/h1-7,9,13,15,18H,8,10H2/t13?,15-/m0/s1. The molecule has 2 aromatic carbocycles. The summed E-state index contributed by atoms with van der Waals surface area (Å²) < 4.78 is 5.94. The highest BCUT2D eigenvalue weighted by molar-refractivity contribution is 6.30. The van der Waals surface area contributed by atoms with Gasteiger partial charge >= 0.3 is 0 Å². The Morgan fingerprint density at radius 3 is 2.74 bits per heavy atom. The summed E-state index contributed by atoms with van der Waals surface area (Å²) in [4.78, 5) is 0. The molecule has 0 bridgehead atoms. The van der Waals surface area contributed by atoms with Gasteiger partial charge in [0.05, 0.1) is 6.10 Å². The van der Waals surface area contributed by atoms with Gasteiger partial charge in [0.25, 0.3) is 0 Å². The van der Waals surface area contributed by atoms with Crippen LogP contribution in [0.2, 0.25) is 5.02 Å². The van der Waals surface area contributed by atoms with Crippen LogP contribution < -0.4 is 4.74 Å². The summed E-state index contributed by atoms with van der Waals surface area (Å²) >= 11 is 5.94. The molecule has 3 rings (SSSR count). The first kappa shape index (κ1) is 12.5. The molecule has 2 atom stereocenters. The summed E-state index contributed by atoms with van der Waals surface area (Å²) in [6.07, 6.45) is 0.907. The molecule has 0 fully saturated rings. The first-order chi connectivity index (χ1) is 9.22. The predicted octanol–water partition coefficient (Wildman–Crippen LogP) is 3.77. The Labute approximate surface area is 117 Å². The van der Waals surface area contributed by atoms with E-state index in [1.807, 2.05) is 24.3 Å². The highest BCUT2D eigenvalue weighted by Crippen LogP contribution is 2.37. The molecule has 0 saturated carbocycles. The minimum Gasteiger partial charge on any atom is -0.490 e. The average molecular weight is 275 g/mol. The minimum atomic E-state index is -0.504. The van der Waals surface area contributed by atoms with Gasteiger partial charge in [0.2, 0.25) is 0 Å². The molecule has 1 aliphatic rings. The largest absolute Gasteiger partial charge is 0.490 e. The summed E-state index contributed by atoms with van der Waals surface area (Å²) in [5.41, 5.74) is 2.01. The highest BCUT2D eigenvalue weighted by atomic mass is 35.5. The molecule has 0 aromatic heterocycles. The summed E-state index contributed by atoms with van der Waals surface area (Å²) in [5, 5.41) is 10.8. The molecule has 3 heteroatoms. The second kappa shape index (κ2) is 5.24. The Balaban J connectivity index is 1.80. The molecule has 1 N–H and O–H groups in total. The molecule has 2 nitrogen and oxygen atoms in total. The fourth-order valence-electron chi connectivity index (χ4n) is 2.49. The van der Waals surface area contributed by atoms with Crippen LogP contribution in [-0.4, -0.2) is 11.2 Å². The maximum Gasteiger partial charge on any atom is 0.125 e. The number of ether oxygens (including phenoxy) is 1. The number of fused-ring (bicyclic) bond motifs is 1. The van der Waals surface area contributed by atoms with Crippen LogP contribution in [0.15, 0.2) is 48.5 Å². The summed E-state index contributed by atoms with van der Waals surface area (Å²) in [6, 6.07) is 15.6. The molecule has 0 radical (unpaired) electrons. The number of hydrogen-bond donors (Lipinski definition) is 1. The second-order valence-corrected chi connectivity index (χ2v) is 5.30. The van der Waals surface area contributed by atoms with Crippen molar-refractivity contribution < 1.29 is 9.84 Å². The molecule has 2 aromatic rings. The van der Waals surface area contributed by atoms with Crippen LogP contribution in [0.5, 0.6) is 5.75 Å². The van der Waals surface area contributed by atoms with E-state index in [0.29, 0.717) is 11.4 Å². The van der Waals surface area contributed by atoms with E-state index in [9.17, 15) is 5.11 Å². The van der Waals surface area contributed by atoms with Crippen molar-refractivity contribution in [3.05, 3.63) is 64.7 Å². The zero-order valence-corrected chi connectivity index (χ0v) is 11.2. The molecule has 1 unspecified atom stereocenters. The monoisotopic (exact) mass is 274 g/mol. The Kier molecular flexibility index (Phi) is 3.45. The molecule has 0 aliphatic carbocycles. The van der Waals surface area contributed by atoms with E-state index in [1.165, 1.54) is 5.56 Å². The van der Waals surface area contributed by atoms with Crippen LogP contribution in [0.3, 0.4) is 0 Å². The smallest absolute Gasteiger partial charge is 0.125 e. The number of aliphatic hydroxyl groups is 1. The van der Waals surface area contributed by atoms with Crippen molar-refractivity contribution in [2.24, 2.45) is 0 Å². The number of rotatable bonds is 2. The lowest BCUT2D eigenvalue weighted by Gasteiger charge is -2.29. The molecule has 0 spiro atoms. The highest BCUT2D eigenvalue weighted by Gasteiger charge is 2.27. The van der Waals surface area contributed by atoms with Crippen LogP contribution in [-0.2, 0) is 6.42 Å². The quantitative estimate of drug-likeness (QED) is 0.903. The lowest BCUT2D eigenvalue weighted by atomic mass is 9.95. The average Bonchev–Trinajstić information content (AvgIpc) is 2.41. The maximum atomic E-state index is 10.2. The first-order valence-corrected chi connectivity index (χ1v) is 6.78. The Hall–Kier alpha value is -1.51. The van der Waals surface area contributed by atoms with E-state index in [2.05, 4.69) is 12.1 Å². The lowest BCUT2D eigenvalue weighted by molar-refractivity contribution is 0.0663. The normalized spacial score (nSPS) is 21.6. The number of aliphatic hydroxyl groups excluding tert-OH is 1. The minimum absolute atomic E-state index is 0.00563. The van der Waals surface area contributed by atoms with Crippen molar-refractivity contribution in [3.8, 4) is 5.75 Å². The van der Waals surface area contributed by atoms with Crippen molar-refractivity contribution in [2.75, 3.05) is 0 Å². The number of halogens is 1. The zero-order chi connectivity index (χ0) is 13.2. The van der Waals surface area contributed by atoms with Crippen LogP contribution in [0.25, 0.3) is 0 Å². The van der Waals surface area contributed by atoms with E-state index in [4.69, 9.17) is 16.3 Å². The van der Waals surface area contributed by atoms with Gasteiger partial charge in [-0.2, -0.15) is 0 Å². The van der Waals surface area contributed by atoms with Gasteiger partial charge in [-0.15, -0.1) is 0 Å². The third kappa shape index (κ3) is 2.75. The van der Waals surface area contributed by atoms with Crippen LogP contribution >= 0.6 is 11.6 Å². The predicted molar refractivity (Wildman–Crippen MR) is 75.6 cm³/mol. The zero-order valence-electron chi connectivity index (χ0n) is 10.4. The Bertz CT molecular complexity index is 568. The molecular formula is C16H15ClO2. The van der Waals surface area contributed by atoms with E-state index >= 15 is 0 Å². The van der Waals surface area contributed by atoms with Crippen molar-refractivity contribution in [2.45, 2.75) is 25.0 Å². The topological polar surface area (TPSA) is 29.5 Å². The van der Waals surface area contributed by atoms with E-state index in [0.717, 1.165) is 17.7 Å². The molecule has 98 valence electrons. The van der Waals surface area contributed by atoms with Crippen LogP contribution in [0.4, 0.5) is 0 Å². The van der Waals surface area contributed by atoms with Gasteiger partial charge in [-0.3, -0.25) is 0 Å². The molecule has 1 aliphatic heterocycles. The summed E-state index contributed by atoms with van der Waals surface area (Å²) in [7, 11) is 0. The summed E-state index contributed by atoms with van der Waals surface area (Å²) in [5.74, 6) is 0.740. The summed E-state index contributed by atoms with van der Waals surface area (Å²) in [6.45, 7) is 0. The van der Waals surface area contributed by atoms with E-state index in [-0.39, 0.29) is 6.10 Å². The van der Waals surface area contributed by atoms with E-state index in [1.54, 1.807) is 12.1 Å². The van der Waals surface area contributed by atoms with Gasteiger partial charge in [-0.1, -0.05) is 41.9 Å². The van der Waals surface area contributed by atoms with Crippen LogP contribution in [0.1, 0.15) is 23.7 Å². The molecular weight excluding hydrogens is 260 g/mol. The third-order valence-corrected chi connectivity index (χ3v) is 3.65. The van der Waals surface area contributed by atoms with Gasteiger partial charge < -0.3 is 9.84 Å². The van der Waals surface area contributed by atoms with Crippen molar-refractivity contribution >= 4 is 11.6 Å². The molecule has 19 heavy (non-hydrogen) atoms. The molecule has 0 saturated heterocycles. The van der Waals surface area contributed by atoms with Gasteiger partial charge in [0.15, 0.2) is 0 Å². The SMILES string of the molecule is O[C@H]1CC(Cc2ccccc2)Oc2ccc(Cl)cc21. The lowest BCUT2D eigenvalue weighted by Crippen LogP contribution is -2.27.